The van der Waals surface area contributed by atoms with E-state index in [-0.39, 0.29) is 23.7 Å². The molecule has 88 valence electrons. The molecule has 0 aliphatic rings. The molecule has 1 aromatic carbocycles. The van der Waals surface area contributed by atoms with Gasteiger partial charge in [0.05, 0.1) is 0 Å². The lowest BCUT2D eigenvalue weighted by Crippen LogP contribution is -2.37. The van der Waals surface area contributed by atoms with Gasteiger partial charge in [0.25, 0.3) is 5.91 Å². The van der Waals surface area contributed by atoms with Gasteiger partial charge in [-0.05, 0) is 37.1 Å². The molecule has 2 unspecified atom stereocenters. The second-order valence-electron chi connectivity index (χ2n) is 3.90. The average molecular weight is 244 g/mol. The molecule has 0 fully saturated rings. The smallest absolute Gasteiger partial charge is 0.251 e. The summed E-state index contributed by atoms with van der Waals surface area (Å²) in [5, 5.41) is 2.82. The van der Waals surface area contributed by atoms with Crippen LogP contribution in [0.2, 0.25) is 0 Å². The minimum absolute atomic E-state index is 0.00458. The van der Waals surface area contributed by atoms with Crippen molar-refractivity contribution in [3.63, 3.8) is 0 Å². The molecule has 0 heterocycles. The number of hydrogen-bond acceptors (Lipinski definition) is 1. The molecule has 0 aliphatic carbocycles. The van der Waals surface area contributed by atoms with Crippen LogP contribution in [0.5, 0.6) is 0 Å². The van der Waals surface area contributed by atoms with Crippen LogP contribution in [0.25, 0.3) is 0 Å². The second-order valence-corrected chi connectivity index (χ2v) is 4.21. The maximum Gasteiger partial charge on any atom is 0.251 e. The molecule has 16 heavy (non-hydrogen) atoms. The number of alkyl halides is 1. The minimum Gasteiger partial charge on any atom is -0.349 e. The Hall–Kier alpha value is -1.09. The highest BCUT2D eigenvalue weighted by Crippen LogP contribution is 2.07. The molecule has 1 aromatic rings. The molecule has 0 saturated heterocycles. The number of hydrogen-bond donors (Lipinski definition) is 1. The topological polar surface area (TPSA) is 29.1 Å². The lowest BCUT2D eigenvalue weighted by Gasteiger charge is -2.19. The normalized spacial score (nSPS) is 14.2. The Labute approximate surface area is 99.8 Å². The SMILES string of the molecule is CC(CCl)C(C)NC(=O)c1ccc(F)cc1. The summed E-state index contributed by atoms with van der Waals surface area (Å²) in [4.78, 5) is 11.7. The van der Waals surface area contributed by atoms with E-state index >= 15 is 0 Å². The summed E-state index contributed by atoms with van der Waals surface area (Å²) < 4.78 is 12.6. The van der Waals surface area contributed by atoms with E-state index in [0.717, 1.165) is 0 Å². The number of rotatable bonds is 4. The monoisotopic (exact) mass is 243 g/mol. The number of amides is 1. The molecule has 0 aliphatic heterocycles. The molecular formula is C12H15ClFNO. The first kappa shape index (κ1) is 13.0. The summed E-state index contributed by atoms with van der Waals surface area (Å²) in [5.74, 6) is 0.138. The van der Waals surface area contributed by atoms with Crippen molar-refractivity contribution in [2.75, 3.05) is 5.88 Å². The van der Waals surface area contributed by atoms with Gasteiger partial charge in [-0.1, -0.05) is 6.92 Å². The first-order chi connectivity index (χ1) is 7.54. The molecule has 0 saturated carbocycles. The zero-order valence-corrected chi connectivity index (χ0v) is 10.1. The van der Waals surface area contributed by atoms with E-state index in [2.05, 4.69) is 5.32 Å². The molecule has 0 bridgehead atoms. The average Bonchev–Trinajstić information content (AvgIpc) is 2.28. The van der Waals surface area contributed by atoms with Gasteiger partial charge in [-0.15, -0.1) is 11.6 Å². The highest BCUT2D eigenvalue weighted by Gasteiger charge is 2.14. The Morgan fingerprint density at radius 1 is 1.38 bits per heavy atom. The van der Waals surface area contributed by atoms with Crippen molar-refractivity contribution >= 4 is 17.5 Å². The molecular weight excluding hydrogens is 229 g/mol. The van der Waals surface area contributed by atoms with Gasteiger partial charge in [-0.3, -0.25) is 4.79 Å². The van der Waals surface area contributed by atoms with Gasteiger partial charge >= 0.3 is 0 Å². The fraction of sp³-hybridized carbons (Fsp3) is 0.417. The first-order valence-corrected chi connectivity index (χ1v) is 5.70. The van der Waals surface area contributed by atoms with Crippen LogP contribution >= 0.6 is 11.6 Å². The van der Waals surface area contributed by atoms with E-state index in [9.17, 15) is 9.18 Å². The summed E-state index contributed by atoms with van der Waals surface area (Å²) in [5.41, 5.74) is 0.454. The fourth-order valence-electron chi connectivity index (χ4n) is 1.17. The largest absolute Gasteiger partial charge is 0.349 e. The Morgan fingerprint density at radius 2 is 1.94 bits per heavy atom. The maximum absolute atomic E-state index is 12.6. The van der Waals surface area contributed by atoms with Crippen molar-refractivity contribution in [3.05, 3.63) is 35.6 Å². The standard InChI is InChI=1S/C12H15ClFNO/c1-8(7-13)9(2)15-12(16)10-3-5-11(14)6-4-10/h3-6,8-9H,7H2,1-2H3,(H,15,16). The quantitative estimate of drug-likeness (QED) is 0.810. The van der Waals surface area contributed by atoms with E-state index in [1.54, 1.807) is 0 Å². The zero-order valence-electron chi connectivity index (χ0n) is 9.34. The van der Waals surface area contributed by atoms with Crippen LogP contribution in [0.4, 0.5) is 4.39 Å². The molecule has 0 spiro atoms. The van der Waals surface area contributed by atoms with Gasteiger partial charge in [0.2, 0.25) is 0 Å². The lowest BCUT2D eigenvalue weighted by atomic mass is 10.1. The van der Waals surface area contributed by atoms with E-state index in [1.165, 1.54) is 24.3 Å². The fourth-order valence-corrected chi connectivity index (χ4v) is 1.43. The Balaban J connectivity index is 2.62. The van der Waals surface area contributed by atoms with Gasteiger partial charge in [-0.2, -0.15) is 0 Å². The van der Waals surface area contributed by atoms with Crippen molar-refractivity contribution in [2.45, 2.75) is 19.9 Å². The van der Waals surface area contributed by atoms with Gasteiger partial charge in [0.1, 0.15) is 5.82 Å². The predicted octanol–water partition coefficient (Wildman–Crippen LogP) is 2.82. The third kappa shape index (κ3) is 3.49. The number of halogens is 2. The van der Waals surface area contributed by atoms with E-state index in [1.807, 2.05) is 13.8 Å². The number of carbonyl (C=O) groups excluding carboxylic acids is 1. The summed E-state index contributed by atoms with van der Waals surface area (Å²) >= 11 is 5.70. The summed E-state index contributed by atoms with van der Waals surface area (Å²) in [7, 11) is 0. The summed E-state index contributed by atoms with van der Waals surface area (Å²) in [6, 6.07) is 5.45. The Morgan fingerprint density at radius 3 is 2.44 bits per heavy atom. The maximum atomic E-state index is 12.6. The molecule has 2 nitrogen and oxygen atoms in total. The number of nitrogens with one attached hydrogen (secondary N) is 1. The van der Waals surface area contributed by atoms with Gasteiger partial charge in [-0.25, -0.2) is 4.39 Å². The van der Waals surface area contributed by atoms with E-state index in [4.69, 9.17) is 11.6 Å². The predicted molar refractivity (Wildman–Crippen MR) is 63.2 cm³/mol. The van der Waals surface area contributed by atoms with Crippen molar-refractivity contribution < 1.29 is 9.18 Å². The van der Waals surface area contributed by atoms with Crippen LogP contribution in [0.1, 0.15) is 24.2 Å². The van der Waals surface area contributed by atoms with Gasteiger partial charge in [0, 0.05) is 17.5 Å². The lowest BCUT2D eigenvalue weighted by molar-refractivity contribution is 0.0931. The molecule has 4 heteroatoms. The van der Waals surface area contributed by atoms with Crippen LogP contribution in [0.15, 0.2) is 24.3 Å². The van der Waals surface area contributed by atoms with Crippen molar-refractivity contribution in [2.24, 2.45) is 5.92 Å². The van der Waals surface area contributed by atoms with Crippen molar-refractivity contribution in [3.8, 4) is 0 Å². The van der Waals surface area contributed by atoms with E-state index < -0.39 is 0 Å². The summed E-state index contributed by atoms with van der Waals surface area (Å²) in [6.45, 7) is 3.86. The highest BCUT2D eigenvalue weighted by molar-refractivity contribution is 6.18. The van der Waals surface area contributed by atoms with Crippen molar-refractivity contribution in [1.82, 2.24) is 5.32 Å². The van der Waals surface area contributed by atoms with Crippen LogP contribution < -0.4 is 5.32 Å². The third-order valence-electron chi connectivity index (χ3n) is 2.56. The number of benzene rings is 1. The Bertz CT molecular complexity index is 353. The van der Waals surface area contributed by atoms with Gasteiger partial charge < -0.3 is 5.32 Å². The molecule has 2 atom stereocenters. The van der Waals surface area contributed by atoms with Crippen molar-refractivity contribution in [1.29, 1.82) is 0 Å². The van der Waals surface area contributed by atoms with Crippen LogP contribution in [-0.2, 0) is 0 Å². The zero-order chi connectivity index (χ0) is 12.1. The Kier molecular flexibility index (Phi) is 4.74. The second kappa shape index (κ2) is 5.85. The van der Waals surface area contributed by atoms with Crippen LogP contribution in [-0.4, -0.2) is 17.8 Å². The highest BCUT2D eigenvalue weighted by atomic mass is 35.5. The van der Waals surface area contributed by atoms with Crippen LogP contribution in [0, 0.1) is 11.7 Å². The minimum atomic E-state index is -0.348. The molecule has 1 rings (SSSR count). The molecule has 0 radical (unpaired) electrons. The first-order valence-electron chi connectivity index (χ1n) is 5.17. The molecule has 1 amide bonds. The van der Waals surface area contributed by atoms with Crippen LogP contribution in [0.3, 0.4) is 0 Å². The molecule has 0 aromatic heterocycles. The number of carbonyl (C=O) groups is 1. The van der Waals surface area contributed by atoms with Gasteiger partial charge in [0.15, 0.2) is 0 Å². The van der Waals surface area contributed by atoms with E-state index in [0.29, 0.717) is 11.4 Å². The molecule has 1 N–H and O–H groups in total. The summed E-state index contributed by atoms with van der Waals surface area (Å²) in [6.07, 6.45) is 0. The third-order valence-corrected chi connectivity index (χ3v) is 3.05.